The van der Waals surface area contributed by atoms with E-state index in [-0.39, 0.29) is 5.82 Å². The summed E-state index contributed by atoms with van der Waals surface area (Å²) in [5, 5.41) is 3.66. The van der Waals surface area contributed by atoms with E-state index in [4.69, 9.17) is 4.74 Å². The van der Waals surface area contributed by atoms with Crippen LogP contribution >= 0.6 is 22.7 Å². The first kappa shape index (κ1) is 12.7. The van der Waals surface area contributed by atoms with E-state index in [2.05, 4.69) is 4.98 Å². The number of benzene rings is 2. The van der Waals surface area contributed by atoms with Crippen LogP contribution < -0.4 is 4.74 Å². The summed E-state index contributed by atoms with van der Waals surface area (Å²) >= 11 is 3.18. The van der Waals surface area contributed by atoms with Gasteiger partial charge in [-0.1, -0.05) is 12.1 Å². The van der Waals surface area contributed by atoms with Crippen molar-refractivity contribution in [1.29, 1.82) is 0 Å². The van der Waals surface area contributed by atoms with Crippen molar-refractivity contribution in [2.45, 2.75) is 6.61 Å². The van der Waals surface area contributed by atoms with Gasteiger partial charge in [0.25, 0.3) is 0 Å². The fraction of sp³-hybridized carbons (Fsp3) is 0.0625. The maximum Gasteiger partial charge on any atom is 0.140 e. The van der Waals surface area contributed by atoms with E-state index in [0.717, 1.165) is 25.3 Å². The Morgan fingerprint density at radius 3 is 2.90 bits per heavy atom. The van der Waals surface area contributed by atoms with Gasteiger partial charge in [-0.05, 0) is 30.3 Å². The number of ether oxygens (including phenoxy) is 1. The van der Waals surface area contributed by atoms with Crippen LogP contribution in [0.1, 0.15) is 5.01 Å². The lowest BCUT2D eigenvalue weighted by molar-refractivity contribution is 0.310. The van der Waals surface area contributed by atoms with Gasteiger partial charge < -0.3 is 4.74 Å². The summed E-state index contributed by atoms with van der Waals surface area (Å²) in [6.45, 7) is 0.404. The summed E-state index contributed by atoms with van der Waals surface area (Å²) in [4.78, 5) is 4.53. The van der Waals surface area contributed by atoms with Crippen LogP contribution in [-0.4, -0.2) is 4.98 Å². The predicted molar refractivity (Wildman–Crippen MR) is 85.7 cm³/mol. The molecule has 104 valence electrons. The molecule has 0 fully saturated rings. The fourth-order valence-corrected chi connectivity index (χ4v) is 3.95. The van der Waals surface area contributed by atoms with Crippen LogP contribution in [0.5, 0.6) is 5.75 Å². The molecule has 0 radical (unpaired) electrons. The van der Waals surface area contributed by atoms with Gasteiger partial charge in [0.15, 0.2) is 0 Å². The van der Waals surface area contributed by atoms with Gasteiger partial charge in [0.05, 0.1) is 10.2 Å². The van der Waals surface area contributed by atoms with Crippen molar-refractivity contribution >= 4 is 43.0 Å². The van der Waals surface area contributed by atoms with E-state index in [1.54, 1.807) is 28.7 Å². The minimum absolute atomic E-state index is 0.245. The number of para-hydroxylation sites is 1. The number of rotatable bonds is 3. The van der Waals surface area contributed by atoms with E-state index in [1.165, 1.54) is 12.1 Å². The van der Waals surface area contributed by atoms with Crippen LogP contribution in [-0.2, 0) is 6.61 Å². The van der Waals surface area contributed by atoms with Gasteiger partial charge >= 0.3 is 0 Å². The molecule has 0 saturated heterocycles. The standard InChI is InChI=1S/C16H10FNOS2/c17-10-5-6-14-11(7-10)13(9-20-14)19-8-16-18-12-3-1-2-4-15(12)21-16/h1-7,9H,8H2. The van der Waals surface area contributed by atoms with Gasteiger partial charge in [0.2, 0.25) is 0 Å². The number of hydrogen-bond acceptors (Lipinski definition) is 4. The van der Waals surface area contributed by atoms with E-state index >= 15 is 0 Å². The summed E-state index contributed by atoms with van der Waals surface area (Å²) in [6.07, 6.45) is 0. The quantitative estimate of drug-likeness (QED) is 0.516. The third kappa shape index (κ3) is 2.39. The number of aromatic nitrogens is 1. The summed E-state index contributed by atoms with van der Waals surface area (Å²) in [5.74, 6) is 0.472. The molecule has 5 heteroatoms. The van der Waals surface area contributed by atoms with Crippen molar-refractivity contribution in [3.05, 3.63) is 58.7 Å². The molecule has 4 aromatic rings. The Bertz CT molecular complexity index is 895. The number of halogens is 1. The molecule has 0 N–H and O–H groups in total. The van der Waals surface area contributed by atoms with Crippen LogP contribution in [0.3, 0.4) is 0 Å². The third-order valence-corrected chi connectivity index (χ3v) is 5.14. The van der Waals surface area contributed by atoms with E-state index in [0.29, 0.717) is 12.4 Å². The van der Waals surface area contributed by atoms with Crippen LogP contribution in [0.4, 0.5) is 4.39 Å². The van der Waals surface area contributed by atoms with E-state index in [9.17, 15) is 4.39 Å². The monoisotopic (exact) mass is 315 g/mol. The minimum Gasteiger partial charge on any atom is -0.485 e. The molecular formula is C16H10FNOS2. The number of hydrogen-bond donors (Lipinski definition) is 0. The SMILES string of the molecule is Fc1ccc2scc(OCc3nc4ccccc4s3)c2c1. The lowest BCUT2D eigenvalue weighted by Crippen LogP contribution is -1.93. The van der Waals surface area contributed by atoms with E-state index in [1.807, 2.05) is 29.6 Å². The highest BCUT2D eigenvalue weighted by Gasteiger charge is 2.08. The molecule has 4 rings (SSSR count). The van der Waals surface area contributed by atoms with Gasteiger partial charge in [-0.2, -0.15) is 0 Å². The predicted octanol–water partition coefficient (Wildman–Crippen LogP) is 5.23. The number of fused-ring (bicyclic) bond motifs is 2. The van der Waals surface area contributed by atoms with Crippen molar-refractivity contribution in [3.8, 4) is 5.75 Å². The zero-order valence-electron chi connectivity index (χ0n) is 10.9. The maximum absolute atomic E-state index is 13.3. The van der Waals surface area contributed by atoms with Crippen molar-refractivity contribution in [2.75, 3.05) is 0 Å². The Kier molecular flexibility index (Phi) is 3.09. The smallest absolute Gasteiger partial charge is 0.140 e. The summed E-state index contributed by atoms with van der Waals surface area (Å²) in [5.41, 5.74) is 0.988. The molecule has 0 amide bonds. The zero-order chi connectivity index (χ0) is 14.2. The molecule has 2 aromatic heterocycles. The molecule has 0 aliphatic heterocycles. The Morgan fingerprint density at radius 2 is 2.00 bits per heavy atom. The van der Waals surface area contributed by atoms with Crippen LogP contribution in [0.15, 0.2) is 47.8 Å². The highest BCUT2D eigenvalue weighted by Crippen LogP contribution is 2.33. The van der Waals surface area contributed by atoms with Crippen molar-refractivity contribution in [1.82, 2.24) is 4.98 Å². The van der Waals surface area contributed by atoms with Crippen LogP contribution in [0.2, 0.25) is 0 Å². The molecule has 21 heavy (non-hydrogen) atoms. The molecule has 0 saturated carbocycles. The zero-order valence-corrected chi connectivity index (χ0v) is 12.5. The van der Waals surface area contributed by atoms with Gasteiger partial charge in [-0.15, -0.1) is 22.7 Å². The molecular weight excluding hydrogens is 305 g/mol. The van der Waals surface area contributed by atoms with E-state index < -0.39 is 0 Å². The average molecular weight is 315 g/mol. The topological polar surface area (TPSA) is 22.1 Å². The molecule has 0 aliphatic carbocycles. The molecule has 0 aliphatic rings. The lowest BCUT2D eigenvalue weighted by Gasteiger charge is -2.02. The van der Waals surface area contributed by atoms with Crippen LogP contribution in [0, 0.1) is 5.82 Å². The first-order valence-electron chi connectivity index (χ1n) is 6.43. The normalized spacial score (nSPS) is 11.3. The molecule has 0 bridgehead atoms. The highest BCUT2D eigenvalue weighted by molar-refractivity contribution is 7.18. The summed E-state index contributed by atoms with van der Waals surface area (Å²) in [7, 11) is 0. The Labute approximate surface area is 128 Å². The first-order valence-corrected chi connectivity index (χ1v) is 8.13. The van der Waals surface area contributed by atoms with Gasteiger partial charge in [-0.25, -0.2) is 9.37 Å². The molecule has 0 unspecified atom stereocenters. The molecule has 0 atom stereocenters. The Hall–Kier alpha value is -1.98. The molecule has 2 heterocycles. The van der Waals surface area contributed by atoms with Crippen molar-refractivity contribution < 1.29 is 9.13 Å². The summed E-state index contributed by atoms with van der Waals surface area (Å²) < 4.78 is 21.3. The van der Waals surface area contributed by atoms with Gasteiger partial charge in [0, 0.05) is 15.5 Å². The second kappa shape index (κ2) is 5.09. The fourth-order valence-electron chi connectivity index (χ4n) is 2.21. The van der Waals surface area contributed by atoms with Crippen LogP contribution in [0.25, 0.3) is 20.3 Å². The van der Waals surface area contributed by atoms with Gasteiger partial charge in [-0.3, -0.25) is 0 Å². The summed E-state index contributed by atoms with van der Waals surface area (Å²) in [6, 6.07) is 12.8. The molecule has 2 aromatic carbocycles. The first-order chi connectivity index (χ1) is 10.3. The highest BCUT2D eigenvalue weighted by atomic mass is 32.1. The van der Waals surface area contributed by atoms with Gasteiger partial charge in [0.1, 0.15) is 23.2 Å². The Morgan fingerprint density at radius 1 is 1.10 bits per heavy atom. The molecule has 2 nitrogen and oxygen atoms in total. The second-order valence-electron chi connectivity index (χ2n) is 4.60. The maximum atomic E-state index is 13.3. The van der Waals surface area contributed by atoms with Crippen molar-refractivity contribution in [2.24, 2.45) is 0 Å². The Balaban J connectivity index is 1.61. The third-order valence-electron chi connectivity index (χ3n) is 3.19. The number of thiazole rings is 1. The number of thiophene rings is 1. The molecule has 0 spiro atoms. The largest absolute Gasteiger partial charge is 0.485 e. The lowest BCUT2D eigenvalue weighted by atomic mass is 10.2. The number of nitrogens with zero attached hydrogens (tertiary/aromatic N) is 1. The minimum atomic E-state index is -0.245. The average Bonchev–Trinajstić information content (AvgIpc) is 3.07. The second-order valence-corrected chi connectivity index (χ2v) is 6.63. The van der Waals surface area contributed by atoms with Crippen molar-refractivity contribution in [3.63, 3.8) is 0 Å².